The van der Waals surface area contributed by atoms with Crippen molar-refractivity contribution >= 4 is 27.5 Å². The van der Waals surface area contributed by atoms with Crippen LogP contribution in [0.1, 0.15) is 31.7 Å². The van der Waals surface area contributed by atoms with E-state index in [-0.39, 0.29) is 37.7 Å². The molecule has 2 aromatic carbocycles. The number of carbonyl (C=O) groups excluding carboxylic acids is 2. The molecule has 1 N–H and O–H groups in total. The first-order chi connectivity index (χ1) is 15.2. The van der Waals surface area contributed by atoms with E-state index in [4.69, 9.17) is 0 Å². The zero-order valence-corrected chi connectivity index (χ0v) is 19.4. The summed E-state index contributed by atoms with van der Waals surface area (Å²) < 4.78 is 38.8. The summed E-state index contributed by atoms with van der Waals surface area (Å²) in [5, 5.41) is 2.61. The highest BCUT2D eigenvalue weighted by Crippen LogP contribution is 2.20. The Morgan fingerprint density at radius 1 is 1.06 bits per heavy atom. The molecule has 2 rings (SSSR count). The summed E-state index contributed by atoms with van der Waals surface area (Å²) in [5.74, 6) is -0.952. The van der Waals surface area contributed by atoms with E-state index in [9.17, 15) is 22.4 Å². The third kappa shape index (κ3) is 7.05. The molecule has 1 atom stereocenters. The van der Waals surface area contributed by atoms with E-state index < -0.39 is 21.9 Å². The fourth-order valence-electron chi connectivity index (χ4n) is 3.48. The van der Waals surface area contributed by atoms with Gasteiger partial charge in [0.05, 0.1) is 11.9 Å². The minimum Gasteiger partial charge on any atom is -0.357 e. The summed E-state index contributed by atoms with van der Waals surface area (Å²) in [6, 6.07) is 13.9. The van der Waals surface area contributed by atoms with Crippen LogP contribution in [0, 0.1) is 5.82 Å². The SMILES string of the molecule is CC[C@@H](C(=O)NC)N(Cc1ccccc1)C(=O)CCCN(c1ccc(F)cc1)S(C)(=O)=O. The molecule has 0 saturated carbocycles. The van der Waals surface area contributed by atoms with Crippen molar-refractivity contribution in [2.24, 2.45) is 0 Å². The Morgan fingerprint density at radius 2 is 1.69 bits per heavy atom. The van der Waals surface area contributed by atoms with Crippen molar-refractivity contribution in [3.63, 3.8) is 0 Å². The molecule has 7 nitrogen and oxygen atoms in total. The maximum atomic E-state index is 13.2. The van der Waals surface area contributed by atoms with Gasteiger partial charge < -0.3 is 10.2 Å². The highest BCUT2D eigenvalue weighted by Gasteiger charge is 2.28. The van der Waals surface area contributed by atoms with Gasteiger partial charge in [-0.2, -0.15) is 0 Å². The number of sulfonamides is 1. The summed E-state index contributed by atoms with van der Waals surface area (Å²) in [6.45, 7) is 2.18. The van der Waals surface area contributed by atoms with Gasteiger partial charge in [0.1, 0.15) is 11.9 Å². The average molecular weight is 464 g/mol. The second kappa shape index (κ2) is 11.6. The molecular weight excluding hydrogens is 433 g/mol. The van der Waals surface area contributed by atoms with Crippen LogP contribution < -0.4 is 9.62 Å². The Hall–Kier alpha value is -2.94. The summed E-state index contributed by atoms with van der Waals surface area (Å²) in [6.07, 6.45) is 1.83. The topological polar surface area (TPSA) is 86.8 Å². The molecule has 0 aliphatic heterocycles. The molecule has 0 bridgehead atoms. The van der Waals surface area contributed by atoms with Crippen LogP contribution in [0.2, 0.25) is 0 Å². The molecule has 0 aliphatic carbocycles. The lowest BCUT2D eigenvalue weighted by Crippen LogP contribution is -2.48. The van der Waals surface area contributed by atoms with Crippen LogP contribution in [0.5, 0.6) is 0 Å². The Kier molecular flexibility index (Phi) is 9.19. The van der Waals surface area contributed by atoms with Crippen LogP contribution in [-0.2, 0) is 26.2 Å². The first-order valence-corrected chi connectivity index (χ1v) is 12.3. The fourth-order valence-corrected chi connectivity index (χ4v) is 4.44. The van der Waals surface area contributed by atoms with E-state index in [1.807, 2.05) is 37.3 Å². The number of nitrogens with one attached hydrogen (secondary N) is 1. The maximum Gasteiger partial charge on any atom is 0.242 e. The number of hydrogen-bond donors (Lipinski definition) is 1. The largest absolute Gasteiger partial charge is 0.357 e. The van der Waals surface area contributed by atoms with Crippen molar-refractivity contribution < 1.29 is 22.4 Å². The molecule has 0 aliphatic rings. The molecule has 0 radical (unpaired) electrons. The van der Waals surface area contributed by atoms with E-state index in [2.05, 4.69) is 5.32 Å². The number of rotatable bonds is 11. The first-order valence-electron chi connectivity index (χ1n) is 10.5. The quantitative estimate of drug-likeness (QED) is 0.555. The van der Waals surface area contributed by atoms with Crippen molar-refractivity contribution in [2.75, 3.05) is 24.2 Å². The minimum absolute atomic E-state index is 0.0617. The van der Waals surface area contributed by atoms with Crippen LogP contribution in [0.4, 0.5) is 10.1 Å². The third-order valence-corrected chi connectivity index (χ3v) is 6.29. The van der Waals surface area contributed by atoms with Crippen LogP contribution in [0.25, 0.3) is 0 Å². The second-order valence-corrected chi connectivity index (χ2v) is 9.37. The molecule has 0 heterocycles. The van der Waals surface area contributed by atoms with Gasteiger partial charge in [0, 0.05) is 26.6 Å². The number of hydrogen-bond acceptors (Lipinski definition) is 4. The van der Waals surface area contributed by atoms with E-state index in [1.165, 1.54) is 36.2 Å². The van der Waals surface area contributed by atoms with Crippen molar-refractivity contribution in [3.05, 3.63) is 66.0 Å². The van der Waals surface area contributed by atoms with Crippen LogP contribution in [0.15, 0.2) is 54.6 Å². The number of anilines is 1. The normalized spacial score (nSPS) is 12.1. The van der Waals surface area contributed by atoms with Crippen molar-refractivity contribution in [2.45, 2.75) is 38.8 Å². The molecule has 174 valence electrons. The van der Waals surface area contributed by atoms with E-state index in [0.717, 1.165) is 16.1 Å². The van der Waals surface area contributed by atoms with Gasteiger partial charge in [-0.05, 0) is 42.7 Å². The molecule has 2 amide bonds. The molecule has 0 aromatic heterocycles. The maximum absolute atomic E-state index is 13.2. The molecule has 0 fully saturated rings. The van der Waals surface area contributed by atoms with Gasteiger partial charge in [0.2, 0.25) is 21.8 Å². The van der Waals surface area contributed by atoms with Crippen LogP contribution in [0.3, 0.4) is 0 Å². The number of likely N-dealkylation sites (N-methyl/N-ethyl adjacent to an activating group) is 1. The summed E-state index contributed by atoms with van der Waals surface area (Å²) >= 11 is 0. The molecule has 0 unspecified atom stereocenters. The zero-order valence-electron chi connectivity index (χ0n) is 18.6. The van der Waals surface area contributed by atoms with Gasteiger partial charge in [0.15, 0.2) is 0 Å². The Morgan fingerprint density at radius 3 is 2.22 bits per heavy atom. The van der Waals surface area contributed by atoms with E-state index >= 15 is 0 Å². The standard InChI is InChI=1S/C23H30FN3O4S/c1-4-21(23(29)25-2)26(17-18-9-6-5-7-10-18)22(28)11-8-16-27(32(3,30)31)20-14-12-19(24)13-15-20/h5-7,9-10,12-15,21H,4,8,11,16-17H2,1-3H3,(H,25,29)/t21-/m0/s1. The predicted octanol–water partition coefficient (Wildman–Crippen LogP) is 2.93. The summed E-state index contributed by atoms with van der Waals surface area (Å²) in [7, 11) is -2.08. The summed E-state index contributed by atoms with van der Waals surface area (Å²) in [4.78, 5) is 27.0. The zero-order chi connectivity index (χ0) is 23.7. The van der Waals surface area contributed by atoms with Crippen molar-refractivity contribution in [1.29, 1.82) is 0 Å². The van der Waals surface area contributed by atoms with Gasteiger partial charge in [-0.15, -0.1) is 0 Å². The Bertz CT molecular complexity index is 998. The molecule has 0 saturated heterocycles. The first kappa shape index (κ1) is 25.3. The number of carbonyl (C=O) groups is 2. The predicted molar refractivity (Wildman–Crippen MR) is 123 cm³/mol. The fraction of sp³-hybridized carbons (Fsp3) is 0.391. The molecule has 0 spiro atoms. The summed E-state index contributed by atoms with van der Waals surface area (Å²) in [5.41, 5.74) is 1.23. The Balaban J connectivity index is 2.15. The van der Waals surface area contributed by atoms with Crippen molar-refractivity contribution in [3.8, 4) is 0 Å². The number of nitrogens with zero attached hydrogens (tertiary/aromatic N) is 2. The lowest BCUT2D eigenvalue weighted by atomic mass is 10.1. The third-order valence-electron chi connectivity index (χ3n) is 5.09. The van der Waals surface area contributed by atoms with Gasteiger partial charge >= 0.3 is 0 Å². The van der Waals surface area contributed by atoms with Crippen LogP contribution in [-0.4, -0.2) is 51.0 Å². The van der Waals surface area contributed by atoms with Gasteiger partial charge in [-0.25, -0.2) is 12.8 Å². The highest BCUT2D eigenvalue weighted by molar-refractivity contribution is 7.92. The Labute approximate surface area is 189 Å². The van der Waals surface area contributed by atoms with Gasteiger partial charge in [-0.1, -0.05) is 37.3 Å². The number of amides is 2. The number of benzene rings is 2. The van der Waals surface area contributed by atoms with Gasteiger partial charge in [0.25, 0.3) is 0 Å². The second-order valence-electron chi connectivity index (χ2n) is 7.46. The molecule has 9 heteroatoms. The lowest BCUT2D eigenvalue weighted by molar-refractivity contribution is -0.141. The molecule has 32 heavy (non-hydrogen) atoms. The highest BCUT2D eigenvalue weighted by atomic mass is 32.2. The monoisotopic (exact) mass is 463 g/mol. The van der Waals surface area contributed by atoms with E-state index in [1.54, 1.807) is 0 Å². The minimum atomic E-state index is -3.61. The van der Waals surface area contributed by atoms with Crippen LogP contribution >= 0.6 is 0 Å². The number of halogens is 1. The van der Waals surface area contributed by atoms with Crippen molar-refractivity contribution in [1.82, 2.24) is 10.2 Å². The molecule has 2 aromatic rings. The lowest BCUT2D eigenvalue weighted by Gasteiger charge is -2.30. The van der Waals surface area contributed by atoms with E-state index in [0.29, 0.717) is 12.1 Å². The average Bonchev–Trinajstić information content (AvgIpc) is 2.77. The van der Waals surface area contributed by atoms with Gasteiger partial charge in [-0.3, -0.25) is 13.9 Å². The molecular formula is C23H30FN3O4S. The smallest absolute Gasteiger partial charge is 0.242 e.